The van der Waals surface area contributed by atoms with Crippen molar-refractivity contribution in [2.24, 2.45) is 5.10 Å². The van der Waals surface area contributed by atoms with Crippen LogP contribution in [0.3, 0.4) is 0 Å². The number of aromatic nitrogens is 4. The SMILES string of the molecule is Cc1cn2ncc3c(c2n1)[C@](C)(C(F)(F)F)CN3C(=O)Nc1cnc(N/N=C\C=N)c(Cl)c1. The third kappa shape index (κ3) is 3.84. The van der Waals surface area contributed by atoms with E-state index < -0.39 is 24.2 Å². The maximum atomic E-state index is 14.2. The highest BCUT2D eigenvalue weighted by molar-refractivity contribution is 6.33. The molecule has 10 nitrogen and oxygen atoms in total. The van der Waals surface area contributed by atoms with Crippen LogP contribution in [-0.2, 0) is 5.41 Å². The smallest absolute Gasteiger partial charge is 0.307 e. The number of anilines is 3. The number of nitrogens with zero attached hydrogens (tertiary/aromatic N) is 6. The van der Waals surface area contributed by atoms with Gasteiger partial charge in [0.1, 0.15) is 5.41 Å². The number of imidazole rings is 1. The first-order valence-corrected chi connectivity index (χ1v) is 9.87. The summed E-state index contributed by atoms with van der Waals surface area (Å²) < 4.78 is 43.8. The van der Waals surface area contributed by atoms with Gasteiger partial charge in [0.15, 0.2) is 11.5 Å². The number of hydrazone groups is 1. The standard InChI is InChI=1S/C19H17ClF3N9O/c1-10-8-32-16(28-10)14-13(7-27-32)31(9-18(14,2)19(21,22)23)17(33)29-11-5-12(20)15(25-6-11)30-26-4-3-24/h3-8,24H,9H2,1-2H3,(H,25,30)(H,29,33)/b24-3?,26-4-/t18-/m1/s1. The molecule has 0 bridgehead atoms. The Bertz CT molecular complexity index is 1290. The largest absolute Gasteiger partial charge is 0.400 e. The van der Waals surface area contributed by atoms with Gasteiger partial charge in [-0.1, -0.05) is 11.6 Å². The van der Waals surface area contributed by atoms with E-state index in [2.05, 4.69) is 30.9 Å². The molecule has 0 radical (unpaired) electrons. The van der Waals surface area contributed by atoms with Gasteiger partial charge in [0, 0.05) is 18.3 Å². The molecule has 0 saturated carbocycles. The number of nitrogens with one attached hydrogen (secondary N) is 3. The summed E-state index contributed by atoms with van der Waals surface area (Å²) in [6, 6.07) is 0.563. The highest BCUT2D eigenvalue weighted by Gasteiger charge is 2.60. The molecule has 4 rings (SSSR count). The number of carbonyl (C=O) groups excluding carboxylic acids is 1. The van der Waals surface area contributed by atoms with Gasteiger partial charge in [-0.3, -0.25) is 10.3 Å². The molecule has 0 spiro atoms. The van der Waals surface area contributed by atoms with Gasteiger partial charge in [-0.05, 0) is 19.9 Å². The zero-order chi connectivity index (χ0) is 24.0. The first-order chi connectivity index (χ1) is 15.5. The quantitative estimate of drug-likeness (QED) is 0.385. The Labute approximate surface area is 190 Å². The van der Waals surface area contributed by atoms with E-state index in [1.54, 1.807) is 6.92 Å². The highest BCUT2D eigenvalue weighted by Crippen LogP contribution is 2.51. The van der Waals surface area contributed by atoms with Gasteiger partial charge in [-0.15, -0.1) is 0 Å². The molecule has 4 heterocycles. The van der Waals surface area contributed by atoms with Crippen molar-refractivity contribution in [3.05, 3.63) is 40.9 Å². The minimum absolute atomic E-state index is 0.0174. The Kier molecular flexibility index (Phi) is 5.44. The van der Waals surface area contributed by atoms with Gasteiger partial charge < -0.3 is 10.7 Å². The van der Waals surface area contributed by atoms with Crippen LogP contribution in [0.4, 0.5) is 35.2 Å². The van der Waals surface area contributed by atoms with E-state index in [4.69, 9.17) is 17.0 Å². The summed E-state index contributed by atoms with van der Waals surface area (Å²) in [5.41, 5.74) is 0.785. The zero-order valence-electron chi connectivity index (χ0n) is 17.3. The summed E-state index contributed by atoms with van der Waals surface area (Å²) in [6.45, 7) is 2.04. The van der Waals surface area contributed by atoms with Gasteiger partial charge in [-0.25, -0.2) is 19.3 Å². The first kappa shape index (κ1) is 22.5. The van der Waals surface area contributed by atoms with E-state index in [0.717, 1.165) is 18.0 Å². The Morgan fingerprint density at radius 3 is 2.82 bits per heavy atom. The van der Waals surface area contributed by atoms with Crippen LogP contribution in [0, 0.1) is 12.3 Å². The van der Waals surface area contributed by atoms with Crippen molar-refractivity contribution in [2.45, 2.75) is 25.4 Å². The summed E-state index contributed by atoms with van der Waals surface area (Å²) >= 11 is 6.11. The third-order valence-electron chi connectivity index (χ3n) is 5.19. The molecule has 172 valence electrons. The molecular formula is C19H17ClF3N9O. The second kappa shape index (κ2) is 7.99. The summed E-state index contributed by atoms with van der Waals surface area (Å²) in [5.74, 6) is 0.171. The maximum Gasteiger partial charge on any atom is 0.400 e. The van der Waals surface area contributed by atoms with Crippen LogP contribution in [0.25, 0.3) is 5.65 Å². The van der Waals surface area contributed by atoms with Gasteiger partial charge in [0.05, 0.1) is 46.9 Å². The fourth-order valence-corrected chi connectivity index (χ4v) is 3.79. The number of fused-ring (bicyclic) bond motifs is 3. The first-order valence-electron chi connectivity index (χ1n) is 9.49. The molecule has 0 aliphatic carbocycles. The molecule has 3 N–H and O–H groups in total. The van der Waals surface area contributed by atoms with Crippen LogP contribution in [0.15, 0.2) is 29.8 Å². The third-order valence-corrected chi connectivity index (χ3v) is 5.48. The average molecular weight is 480 g/mol. The van der Waals surface area contributed by atoms with Crippen LogP contribution in [-0.4, -0.2) is 50.8 Å². The van der Waals surface area contributed by atoms with Crippen LogP contribution in [0.2, 0.25) is 5.02 Å². The van der Waals surface area contributed by atoms with Crippen LogP contribution in [0.1, 0.15) is 18.2 Å². The molecule has 1 atom stereocenters. The molecule has 33 heavy (non-hydrogen) atoms. The number of hydrogen-bond acceptors (Lipinski definition) is 7. The van der Waals surface area contributed by atoms with Crippen LogP contribution >= 0.6 is 11.6 Å². The van der Waals surface area contributed by atoms with Gasteiger partial charge in [0.25, 0.3) is 0 Å². The number of urea groups is 1. The molecule has 14 heteroatoms. The number of hydrogen-bond donors (Lipinski definition) is 3. The monoisotopic (exact) mass is 479 g/mol. The van der Waals surface area contributed by atoms with Crippen LogP contribution < -0.4 is 15.6 Å². The lowest BCUT2D eigenvalue weighted by Gasteiger charge is -2.28. The second-order valence-corrected chi connectivity index (χ2v) is 7.92. The Hall–Kier alpha value is -3.74. The summed E-state index contributed by atoms with van der Waals surface area (Å²) in [7, 11) is 0. The molecular weight excluding hydrogens is 463 g/mol. The lowest BCUT2D eigenvalue weighted by atomic mass is 9.84. The Balaban J connectivity index is 1.67. The Morgan fingerprint density at radius 2 is 2.15 bits per heavy atom. The lowest BCUT2D eigenvalue weighted by Crippen LogP contribution is -2.46. The van der Waals surface area contributed by atoms with Crippen molar-refractivity contribution in [2.75, 3.05) is 22.2 Å². The van der Waals surface area contributed by atoms with Crippen molar-refractivity contribution >= 4 is 52.9 Å². The van der Waals surface area contributed by atoms with Crippen molar-refractivity contribution in [3.8, 4) is 0 Å². The van der Waals surface area contributed by atoms with Crippen LogP contribution in [0.5, 0.6) is 0 Å². The molecule has 0 unspecified atom stereocenters. The number of rotatable bonds is 4. The zero-order valence-corrected chi connectivity index (χ0v) is 18.0. The number of pyridine rings is 1. The molecule has 0 saturated heterocycles. The van der Waals surface area contributed by atoms with Gasteiger partial charge >= 0.3 is 12.2 Å². The number of amides is 2. The normalized spacial score (nSPS) is 18.1. The highest BCUT2D eigenvalue weighted by atomic mass is 35.5. The van der Waals surface area contributed by atoms with Crippen molar-refractivity contribution < 1.29 is 18.0 Å². The summed E-state index contributed by atoms with van der Waals surface area (Å²) in [6.07, 6.45) is 1.48. The second-order valence-electron chi connectivity index (χ2n) is 7.51. The molecule has 2 amide bonds. The molecule has 3 aromatic heterocycles. The fraction of sp³-hybridized carbons (Fsp3) is 0.263. The van der Waals surface area contributed by atoms with E-state index in [0.29, 0.717) is 5.69 Å². The predicted octanol–water partition coefficient (Wildman–Crippen LogP) is 4.01. The minimum atomic E-state index is -4.65. The maximum absolute atomic E-state index is 14.2. The molecule has 1 aliphatic heterocycles. The predicted molar refractivity (Wildman–Crippen MR) is 118 cm³/mol. The molecule has 3 aromatic rings. The van der Waals surface area contributed by atoms with Crippen molar-refractivity contribution in [3.63, 3.8) is 0 Å². The molecule has 0 aromatic carbocycles. The van der Waals surface area contributed by atoms with E-state index in [-0.39, 0.29) is 33.4 Å². The number of alkyl halides is 3. The van der Waals surface area contributed by atoms with E-state index in [1.807, 2.05) is 0 Å². The molecule has 1 aliphatic rings. The minimum Gasteiger partial charge on any atom is -0.307 e. The number of halogens is 4. The summed E-state index contributed by atoms with van der Waals surface area (Å²) in [4.78, 5) is 22.2. The van der Waals surface area contributed by atoms with E-state index >= 15 is 0 Å². The topological polar surface area (TPSA) is 124 Å². The van der Waals surface area contributed by atoms with Crippen molar-refractivity contribution in [1.29, 1.82) is 5.41 Å². The summed E-state index contributed by atoms with van der Waals surface area (Å²) in [5, 5.41) is 17.3. The van der Waals surface area contributed by atoms with Crippen molar-refractivity contribution in [1.82, 2.24) is 19.6 Å². The fourth-order valence-electron chi connectivity index (χ4n) is 3.58. The lowest BCUT2D eigenvalue weighted by molar-refractivity contribution is -0.180. The Morgan fingerprint density at radius 1 is 1.39 bits per heavy atom. The number of aryl methyl sites for hydroxylation is 1. The number of carbonyl (C=O) groups is 1. The van der Waals surface area contributed by atoms with Gasteiger partial charge in [-0.2, -0.15) is 23.4 Å². The van der Waals surface area contributed by atoms with E-state index in [9.17, 15) is 18.0 Å². The molecule has 0 fully saturated rings. The van der Waals surface area contributed by atoms with Gasteiger partial charge in [0.2, 0.25) is 0 Å². The van der Waals surface area contributed by atoms with E-state index in [1.165, 1.54) is 35.4 Å². The average Bonchev–Trinajstić information content (AvgIpc) is 3.27.